The maximum Gasteiger partial charge on any atom is 0.243 e. The van der Waals surface area contributed by atoms with Gasteiger partial charge in [-0.1, -0.05) is 85.3 Å². The van der Waals surface area contributed by atoms with Crippen molar-refractivity contribution in [2.24, 2.45) is 0 Å². The molecule has 1 atom stereocenters. The molecule has 0 spiro atoms. The summed E-state index contributed by atoms with van der Waals surface area (Å²) in [5.41, 5.74) is 3.28. The second-order valence-corrected chi connectivity index (χ2v) is 9.58. The summed E-state index contributed by atoms with van der Waals surface area (Å²) in [6, 6.07) is 27.6. The lowest BCUT2D eigenvalue weighted by Crippen LogP contribution is -2.50. The minimum atomic E-state index is -0.564. The lowest BCUT2D eigenvalue weighted by molar-refractivity contribution is -0.141. The fraction of sp³-hybridized carbons (Fsp3) is 0.310. The Morgan fingerprint density at radius 1 is 0.882 bits per heavy atom. The molecule has 0 bridgehead atoms. The van der Waals surface area contributed by atoms with E-state index in [4.69, 9.17) is 0 Å². The summed E-state index contributed by atoms with van der Waals surface area (Å²) < 4.78 is 0. The molecule has 0 heterocycles. The number of nitrogens with zero attached hydrogens (tertiary/aromatic N) is 1. The standard InChI is InChI=1S/C29H34N2O2S/c1-3-19-30-29(33)27(21-24-10-6-4-7-11-24)31(22-25-12-8-5-9-13-25)28(32)18-20-34-26-16-14-23(2)15-17-26/h4-17,27H,3,18-22H2,1-2H3,(H,30,33)/t27-/m1/s1. The molecule has 0 aliphatic rings. The number of nitrogens with one attached hydrogen (secondary N) is 1. The van der Waals surface area contributed by atoms with Gasteiger partial charge in [0, 0.05) is 36.6 Å². The van der Waals surface area contributed by atoms with Crippen LogP contribution in [0.3, 0.4) is 0 Å². The van der Waals surface area contributed by atoms with Crippen molar-refractivity contribution in [2.45, 2.75) is 50.6 Å². The number of amides is 2. The molecule has 0 saturated heterocycles. The van der Waals surface area contributed by atoms with E-state index in [1.807, 2.05) is 67.6 Å². The average molecular weight is 475 g/mol. The van der Waals surface area contributed by atoms with Gasteiger partial charge in [0.05, 0.1) is 0 Å². The van der Waals surface area contributed by atoms with Crippen LogP contribution in [0, 0.1) is 6.92 Å². The summed E-state index contributed by atoms with van der Waals surface area (Å²) >= 11 is 1.67. The molecule has 0 aliphatic carbocycles. The van der Waals surface area contributed by atoms with Gasteiger partial charge in [-0.25, -0.2) is 0 Å². The third kappa shape index (κ3) is 8.07. The molecule has 0 unspecified atom stereocenters. The molecule has 3 rings (SSSR count). The molecule has 0 radical (unpaired) electrons. The molecule has 0 saturated carbocycles. The van der Waals surface area contributed by atoms with Crippen molar-refractivity contribution < 1.29 is 9.59 Å². The van der Waals surface area contributed by atoms with E-state index in [0.717, 1.165) is 22.4 Å². The van der Waals surface area contributed by atoms with E-state index in [-0.39, 0.29) is 11.8 Å². The Bertz CT molecular complexity index is 1020. The second-order valence-electron chi connectivity index (χ2n) is 8.42. The van der Waals surface area contributed by atoms with Crippen molar-refractivity contribution in [3.05, 3.63) is 102 Å². The Balaban J connectivity index is 1.79. The Morgan fingerprint density at radius 2 is 1.50 bits per heavy atom. The van der Waals surface area contributed by atoms with Crippen molar-refractivity contribution in [3.63, 3.8) is 0 Å². The Hall–Kier alpha value is -3.05. The van der Waals surface area contributed by atoms with E-state index in [1.165, 1.54) is 5.56 Å². The van der Waals surface area contributed by atoms with Gasteiger partial charge in [-0.05, 0) is 36.6 Å². The average Bonchev–Trinajstić information content (AvgIpc) is 2.87. The van der Waals surface area contributed by atoms with Gasteiger partial charge in [0.25, 0.3) is 0 Å². The van der Waals surface area contributed by atoms with Crippen LogP contribution in [0.25, 0.3) is 0 Å². The van der Waals surface area contributed by atoms with Crippen molar-refractivity contribution in [2.75, 3.05) is 12.3 Å². The molecule has 3 aromatic rings. The van der Waals surface area contributed by atoms with Crippen molar-refractivity contribution in [3.8, 4) is 0 Å². The summed E-state index contributed by atoms with van der Waals surface area (Å²) in [5.74, 6) is 0.569. The molecule has 1 N–H and O–H groups in total. The zero-order chi connectivity index (χ0) is 24.2. The quantitative estimate of drug-likeness (QED) is 0.346. The van der Waals surface area contributed by atoms with E-state index in [1.54, 1.807) is 16.7 Å². The first-order valence-electron chi connectivity index (χ1n) is 11.9. The van der Waals surface area contributed by atoms with Gasteiger partial charge in [-0.2, -0.15) is 0 Å². The third-order valence-corrected chi connectivity index (χ3v) is 6.64. The topological polar surface area (TPSA) is 49.4 Å². The predicted octanol–water partition coefficient (Wildman–Crippen LogP) is 5.64. The number of carbonyl (C=O) groups excluding carboxylic acids is 2. The van der Waals surface area contributed by atoms with E-state index in [9.17, 15) is 9.59 Å². The molecule has 0 aliphatic heterocycles. The van der Waals surface area contributed by atoms with Gasteiger partial charge < -0.3 is 10.2 Å². The fourth-order valence-corrected chi connectivity index (χ4v) is 4.58. The van der Waals surface area contributed by atoms with Crippen LogP contribution in [-0.2, 0) is 22.6 Å². The molecule has 178 valence electrons. The van der Waals surface area contributed by atoms with Crippen molar-refractivity contribution in [1.29, 1.82) is 0 Å². The zero-order valence-corrected chi connectivity index (χ0v) is 20.9. The van der Waals surface area contributed by atoms with Gasteiger partial charge in [0.1, 0.15) is 6.04 Å². The molecule has 5 heteroatoms. The second kappa shape index (κ2) is 13.6. The van der Waals surface area contributed by atoms with Crippen LogP contribution in [0.1, 0.15) is 36.5 Å². The van der Waals surface area contributed by atoms with Crippen molar-refractivity contribution >= 4 is 23.6 Å². The maximum atomic E-state index is 13.5. The summed E-state index contributed by atoms with van der Waals surface area (Å²) in [4.78, 5) is 29.7. The third-order valence-electron chi connectivity index (χ3n) is 5.62. The Kier molecular flexibility index (Phi) is 10.2. The van der Waals surface area contributed by atoms with E-state index in [0.29, 0.717) is 31.7 Å². The van der Waals surface area contributed by atoms with Gasteiger partial charge >= 0.3 is 0 Å². The number of hydrogen-bond acceptors (Lipinski definition) is 3. The highest BCUT2D eigenvalue weighted by Crippen LogP contribution is 2.21. The number of benzene rings is 3. The Morgan fingerprint density at radius 3 is 2.12 bits per heavy atom. The summed E-state index contributed by atoms with van der Waals surface area (Å²) in [6.07, 6.45) is 1.71. The summed E-state index contributed by atoms with van der Waals surface area (Å²) in [6.45, 7) is 5.10. The molecule has 0 aromatic heterocycles. The highest BCUT2D eigenvalue weighted by atomic mass is 32.2. The lowest BCUT2D eigenvalue weighted by atomic mass is 10.0. The van der Waals surface area contributed by atoms with Crippen LogP contribution in [0.4, 0.5) is 0 Å². The molecule has 3 aromatic carbocycles. The summed E-state index contributed by atoms with van der Waals surface area (Å²) in [5, 5.41) is 3.02. The van der Waals surface area contributed by atoms with Crippen LogP contribution in [0.5, 0.6) is 0 Å². The van der Waals surface area contributed by atoms with Crippen LogP contribution in [-0.4, -0.2) is 35.1 Å². The van der Waals surface area contributed by atoms with Crippen LogP contribution >= 0.6 is 11.8 Å². The molecule has 4 nitrogen and oxygen atoms in total. The monoisotopic (exact) mass is 474 g/mol. The molecule has 0 fully saturated rings. The Labute approximate surface area is 207 Å². The van der Waals surface area contributed by atoms with E-state index in [2.05, 4.69) is 36.5 Å². The highest BCUT2D eigenvalue weighted by molar-refractivity contribution is 7.99. The fourth-order valence-electron chi connectivity index (χ4n) is 3.73. The first-order chi connectivity index (χ1) is 16.6. The van der Waals surface area contributed by atoms with Gasteiger partial charge in [0.2, 0.25) is 11.8 Å². The van der Waals surface area contributed by atoms with Crippen molar-refractivity contribution in [1.82, 2.24) is 10.2 Å². The van der Waals surface area contributed by atoms with Gasteiger partial charge in [-0.3, -0.25) is 9.59 Å². The first kappa shape index (κ1) is 25.6. The zero-order valence-electron chi connectivity index (χ0n) is 20.1. The number of rotatable bonds is 12. The SMILES string of the molecule is CCCNC(=O)[C@@H](Cc1ccccc1)N(Cc1ccccc1)C(=O)CCSc1ccc(C)cc1. The normalized spacial score (nSPS) is 11.6. The molecular formula is C29H34N2O2S. The molecule has 34 heavy (non-hydrogen) atoms. The highest BCUT2D eigenvalue weighted by Gasteiger charge is 2.29. The van der Waals surface area contributed by atoms with Crippen LogP contribution in [0.15, 0.2) is 89.8 Å². The number of carbonyl (C=O) groups is 2. The smallest absolute Gasteiger partial charge is 0.243 e. The lowest BCUT2D eigenvalue weighted by Gasteiger charge is -2.31. The summed E-state index contributed by atoms with van der Waals surface area (Å²) in [7, 11) is 0. The minimum Gasteiger partial charge on any atom is -0.354 e. The first-order valence-corrected chi connectivity index (χ1v) is 12.9. The predicted molar refractivity (Wildman–Crippen MR) is 141 cm³/mol. The van der Waals surface area contributed by atoms with Crippen LogP contribution in [0.2, 0.25) is 0 Å². The maximum absolute atomic E-state index is 13.5. The van der Waals surface area contributed by atoms with Gasteiger partial charge in [0.15, 0.2) is 0 Å². The minimum absolute atomic E-state index is 0.00366. The number of aryl methyl sites for hydroxylation is 1. The largest absolute Gasteiger partial charge is 0.354 e. The molecular weight excluding hydrogens is 440 g/mol. The van der Waals surface area contributed by atoms with E-state index >= 15 is 0 Å². The number of hydrogen-bond donors (Lipinski definition) is 1. The van der Waals surface area contributed by atoms with E-state index < -0.39 is 6.04 Å². The molecule has 2 amide bonds. The van der Waals surface area contributed by atoms with Crippen LogP contribution < -0.4 is 5.32 Å². The van der Waals surface area contributed by atoms with Gasteiger partial charge in [-0.15, -0.1) is 11.8 Å². The number of thioether (sulfide) groups is 1.